The van der Waals surface area contributed by atoms with Gasteiger partial charge >= 0.3 is 0 Å². The average Bonchev–Trinajstić information content (AvgIpc) is 3.05. The number of hydrogen-bond acceptors (Lipinski definition) is 4. The van der Waals surface area contributed by atoms with E-state index < -0.39 is 0 Å². The highest BCUT2D eigenvalue weighted by Gasteiger charge is 2.02. The molecule has 2 aromatic heterocycles. The fourth-order valence-corrected chi connectivity index (χ4v) is 2.53. The van der Waals surface area contributed by atoms with E-state index in [-0.39, 0.29) is 0 Å². The van der Waals surface area contributed by atoms with Crippen molar-refractivity contribution in [3.8, 4) is 5.75 Å². The summed E-state index contributed by atoms with van der Waals surface area (Å²) >= 11 is 0. The molecule has 1 aromatic carbocycles. The highest BCUT2D eigenvalue weighted by Crippen LogP contribution is 2.22. The maximum atomic E-state index is 5.77. The number of imidazole rings is 1. The van der Waals surface area contributed by atoms with Crippen LogP contribution in [0.5, 0.6) is 5.75 Å². The zero-order valence-corrected chi connectivity index (χ0v) is 14.5. The number of hydrogen-bond donors (Lipinski definition) is 0. The number of para-hydroxylation sites is 1. The Morgan fingerprint density at radius 2 is 1.80 bits per heavy atom. The molecule has 6 nitrogen and oxygen atoms in total. The zero-order valence-electron chi connectivity index (χ0n) is 14.5. The van der Waals surface area contributed by atoms with E-state index in [4.69, 9.17) is 14.2 Å². The SMILES string of the molecule is C[n+]1ccn(CCOCCOCCOc2cccc3cccnc23)c1. The Kier molecular flexibility index (Phi) is 6.36. The van der Waals surface area contributed by atoms with Crippen molar-refractivity contribution in [2.45, 2.75) is 6.54 Å². The monoisotopic (exact) mass is 342 g/mol. The van der Waals surface area contributed by atoms with Gasteiger partial charge in [-0.3, -0.25) is 4.98 Å². The van der Waals surface area contributed by atoms with E-state index in [0.717, 1.165) is 23.2 Å². The second-order valence-electron chi connectivity index (χ2n) is 5.72. The van der Waals surface area contributed by atoms with Gasteiger partial charge in [-0.25, -0.2) is 9.13 Å². The van der Waals surface area contributed by atoms with Crippen LogP contribution in [-0.2, 0) is 23.1 Å². The lowest BCUT2D eigenvalue weighted by Gasteiger charge is -2.09. The second kappa shape index (κ2) is 9.15. The summed E-state index contributed by atoms with van der Waals surface area (Å²) in [5.41, 5.74) is 0.881. The Hall–Kier alpha value is -2.44. The van der Waals surface area contributed by atoms with Crippen LogP contribution in [0.2, 0.25) is 0 Å². The van der Waals surface area contributed by atoms with Gasteiger partial charge in [0.1, 0.15) is 36.8 Å². The molecule has 0 aliphatic rings. The van der Waals surface area contributed by atoms with Crippen LogP contribution in [0.4, 0.5) is 0 Å². The van der Waals surface area contributed by atoms with Crippen molar-refractivity contribution >= 4 is 10.9 Å². The summed E-state index contributed by atoms with van der Waals surface area (Å²) in [5, 5.41) is 1.07. The molecule has 2 heterocycles. The van der Waals surface area contributed by atoms with Crippen LogP contribution in [0.15, 0.2) is 55.2 Å². The van der Waals surface area contributed by atoms with Gasteiger partial charge in [0, 0.05) is 11.6 Å². The van der Waals surface area contributed by atoms with Crippen molar-refractivity contribution in [1.82, 2.24) is 9.55 Å². The summed E-state index contributed by atoms with van der Waals surface area (Å²) in [4.78, 5) is 4.37. The number of ether oxygens (including phenoxy) is 3. The van der Waals surface area contributed by atoms with Crippen molar-refractivity contribution in [1.29, 1.82) is 0 Å². The third kappa shape index (κ3) is 5.27. The minimum Gasteiger partial charge on any atom is -0.489 e. The average molecular weight is 342 g/mol. The molecule has 6 heteroatoms. The van der Waals surface area contributed by atoms with Crippen LogP contribution < -0.4 is 9.30 Å². The van der Waals surface area contributed by atoms with Crippen molar-refractivity contribution in [3.63, 3.8) is 0 Å². The fourth-order valence-electron chi connectivity index (χ4n) is 2.53. The zero-order chi connectivity index (χ0) is 17.3. The number of rotatable bonds is 10. The van der Waals surface area contributed by atoms with Crippen LogP contribution in [0.25, 0.3) is 10.9 Å². The van der Waals surface area contributed by atoms with Crippen molar-refractivity contribution in [2.75, 3.05) is 33.0 Å². The van der Waals surface area contributed by atoms with Gasteiger partial charge in [-0.2, -0.15) is 0 Å². The lowest BCUT2D eigenvalue weighted by atomic mass is 10.2. The van der Waals surface area contributed by atoms with Crippen LogP contribution >= 0.6 is 0 Å². The number of nitrogens with zero attached hydrogens (tertiary/aromatic N) is 3. The fraction of sp³-hybridized carbons (Fsp3) is 0.368. The number of pyridine rings is 1. The Morgan fingerprint density at radius 3 is 2.64 bits per heavy atom. The van der Waals surface area contributed by atoms with Crippen LogP contribution in [0.3, 0.4) is 0 Å². The van der Waals surface area contributed by atoms with Crippen LogP contribution in [-0.4, -0.2) is 42.6 Å². The molecule has 0 N–H and O–H groups in total. The molecular weight excluding hydrogens is 318 g/mol. The van der Waals surface area contributed by atoms with Crippen LogP contribution in [0.1, 0.15) is 0 Å². The molecule has 25 heavy (non-hydrogen) atoms. The maximum Gasteiger partial charge on any atom is 0.243 e. The molecular formula is C19H24N3O3+. The first-order valence-corrected chi connectivity index (χ1v) is 8.46. The molecule has 0 spiro atoms. The Morgan fingerprint density at radius 1 is 1.00 bits per heavy atom. The number of aromatic nitrogens is 3. The first kappa shape index (κ1) is 17.4. The molecule has 0 saturated carbocycles. The summed E-state index contributed by atoms with van der Waals surface area (Å²) < 4.78 is 21.0. The van der Waals surface area contributed by atoms with Gasteiger partial charge in [-0.05, 0) is 12.1 Å². The predicted octanol–water partition coefficient (Wildman–Crippen LogP) is 1.97. The molecule has 132 valence electrons. The minimum absolute atomic E-state index is 0.496. The molecule has 0 atom stereocenters. The van der Waals surface area contributed by atoms with E-state index in [2.05, 4.69) is 9.55 Å². The Bertz CT molecular complexity index is 783. The first-order chi connectivity index (χ1) is 12.3. The second-order valence-corrected chi connectivity index (χ2v) is 5.72. The van der Waals surface area contributed by atoms with E-state index in [0.29, 0.717) is 33.0 Å². The minimum atomic E-state index is 0.496. The van der Waals surface area contributed by atoms with Crippen molar-refractivity contribution in [2.24, 2.45) is 7.05 Å². The maximum absolute atomic E-state index is 5.77. The summed E-state index contributed by atoms with van der Waals surface area (Å²) in [6.45, 7) is 3.70. The third-order valence-electron chi connectivity index (χ3n) is 3.77. The topological polar surface area (TPSA) is 49.4 Å². The first-order valence-electron chi connectivity index (χ1n) is 8.46. The molecule has 0 radical (unpaired) electrons. The van der Waals surface area contributed by atoms with Gasteiger partial charge in [0.25, 0.3) is 0 Å². The van der Waals surface area contributed by atoms with Gasteiger partial charge in [-0.1, -0.05) is 18.2 Å². The summed E-state index contributed by atoms with van der Waals surface area (Å²) in [7, 11) is 2.00. The van der Waals surface area contributed by atoms with Gasteiger partial charge < -0.3 is 14.2 Å². The molecule has 0 fully saturated rings. The molecule has 0 aliphatic carbocycles. The van der Waals surface area contributed by atoms with Gasteiger partial charge in [0.05, 0.1) is 33.5 Å². The predicted molar refractivity (Wildman–Crippen MR) is 94.5 cm³/mol. The smallest absolute Gasteiger partial charge is 0.243 e. The number of aryl methyl sites for hydroxylation is 1. The molecule has 0 saturated heterocycles. The van der Waals surface area contributed by atoms with Gasteiger partial charge in [-0.15, -0.1) is 0 Å². The van der Waals surface area contributed by atoms with Gasteiger partial charge in [0.2, 0.25) is 6.33 Å². The summed E-state index contributed by atoms with van der Waals surface area (Å²) in [5.74, 6) is 0.790. The Balaban J connectivity index is 1.26. The van der Waals surface area contributed by atoms with E-state index in [1.54, 1.807) is 6.20 Å². The highest BCUT2D eigenvalue weighted by molar-refractivity contribution is 5.84. The van der Waals surface area contributed by atoms with E-state index in [9.17, 15) is 0 Å². The molecule has 0 bridgehead atoms. The summed E-state index contributed by atoms with van der Waals surface area (Å²) in [6.07, 6.45) is 7.84. The molecule has 0 amide bonds. The number of benzene rings is 1. The van der Waals surface area contributed by atoms with Crippen LogP contribution in [0, 0.1) is 0 Å². The lowest BCUT2D eigenvalue weighted by molar-refractivity contribution is -0.671. The molecule has 3 rings (SSSR count). The van der Waals surface area contributed by atoms with Crippen molar-refractivity contribution < 1.29 is 18.8 Å². The third-order valence-corrected chi connectivity index (χ3v) is 3.77. The van der Waals surface area contributed by atoms with E-state index in [1.807, 2.05) is 60.7 Å². The van der Waals surface area contributed by atoms with E-state index >= 15 is 0 Å². The standard InChI is InChI=1S/C19H24N3O3/c1-21-8-9-22(16-21)10-11-23-12-13-24-14-15-25-18-6-2-4-17-5-3-7-20-19(17)18/h2-9,16H,10-15H2,1H3/q+1. The largest absolute Gasteiger partial charge is 0.489 e. The normalized spacial score (nSPS) is 11.1. The molecule has 3 aromatic rings. The van der Waals surface area contributed by atoms with Gasteiger partial charge in [0.15, 0.2) is 0 Å². The summed E-state index contributed by atoms with van der Waals surface area (Å²) in [6, 6.07) is 9.87. The molecule has 0 aliphatic heterocycles. The molecule has 0 unspecified atom stereocenters. The quantitative estimate of drug-likeness (QED) is 0.418. The highest BCUT2D eigenvalue weighted by atomic mass is 16.5. The number of fused-ring (bicyclic) bond motifs is 1. The lowest BCUT2D eigenvalue weighted by Crippen LogP contribution is -2.24. The van der Waals surface area contributed by atoms with E-state index in [1.165, 1.54) is 0 Å². The Labute approximate surface area is 147 Å². The van der Waals surface area contributed by atoms with Crippen molar-refractivity contribution in [3.05, 3.63) is 55.2 Å².